The van der Waals surface area contributed by atoms with E-state index in [1.165, 1.54) is 10.2 Å². The van der Waals surface area contributed by atoms with Crippen LogP contribution in [0.3, 0.4) is 0 Å². The van der Waals surface area contributed by atoms with E-state index >= 15 is 0 Å². The molecule has 11 heteroatoms. The van der Waals surface area contributed by atoms with E-state index < -0.39 is 15.6 Å². The molecule has 5 rings (SSSR count). The summed E-state index contributed by atoms with van der Waals surface area (Å²) in [5.74, 6) is 0. The molecule has 0 radical (unpaired) electrons. The first kappa shape index (κ1) is 25.3. The fourth-order valence-electron chi connectivity index (χ4n) is 4.50. The molecule has 0 bridgehead atoms. The molecular formula is C26H28ClN5O4S. The van der Waals surface area contributed by atoms with Crippen LogP contribution in [0.15, 0.2) is 66.0 Å². The number of carbonyl (C=O) groups is 1. The number of fused-ring (bicyclic) bond motifs is 1. The number of ether oxygens (including phenoxy) is 1. The molecule has 1 saturated heterocycles. The van der Waals surface area contributed by atoms with Gasteiger partial charge in [0.2, 0.25) is 0 Å². The summed E-state index contributed by atoms with van der Waals surface area (Å²) in [6.07, 6.45) is 6.09. The van der Waals surface area contributed by atoms with E-state index in [-0.39, 0.29) is 22.7 Å². The second kappa shape index (κ2) is 9.50. The van der Waals surface area contributed by atoms with Crippen LogP contribution in [0.2, 0.25) is 5.02 Å². The van der Waals surface area contributed by atoms with E-state index in [0.717, 1.165) is 0 Å². The zero-order chi connectivity index (χ0) is 26.4. The Morgan fingerprint density at radius 1 is 1.11 bits per heavy atom. The lowest BCUT2D eigenvalue weighted by atomic mass is 10.1. The summed E-state index contributed by atoms with van der Waals surface area (Å²) >= 11 is 6.42. The van der Waals surface area contributed by atoms with E-state index in [9.17, 15) is 13.2 Å². The van der Waals surface area contributed by atoms with Crippen LogP contribution in [0, 0.1) is 0 Å². The van der Waals surface area contributed by atoms with Crippen molar-refractivity contribution < 1.29 is 17.9 Å². The van der Waals surface area contributed by atoms with E-state index in [1.54, 1.807) is 53.6 Å². The molecule has 3 aromatic heterocycles. The highest BCUT2D eigenvalue weighted by Gasteiger charge is 2.29. The zero-order valence-electron chi connectivity index (χ0n) is 20.8. The molecule has 1 aliphatic heterocycles. The van der Waals surface area contributed by atoms with E-state index in [1.807, 2.05) is 31.6 Å². The summed E-state index contributed by atoms with van der Waals surface area (Å²) in [5, 5.41) is 5.51. The van der Waals surface area contributed by atoms with Gasteiger partial charge in [0.05, 0.1) is 27.9 Å². The zero-order valence-corrected chi connectivity index (χ0v) is 22.4. The van der Waals surface area contributed by atoms with Gasteiger partial charge in [-0.2, -0.15) is 5.10 Å². The van der Waals surface area contributed by atoms with Crippen LogP contribution in [-0.2, 0) is 14.8 Å². The number of pyridine rings is 1. The Bertz CT molecular complexity index is 1550. The van der Waals surface area contributed by atoms with Crippen LogP contribution in [0.1, 0.15) is 39.7 Å². The molecular weight excluding hydrogens is 514 g/mol. The first-order valence-electron chi connectivity index (χ1n) is 12.0. The summed E-state index contributed by atoms with van der Waals surface area (Å²) in [6, 6.07) is 11.7. The highest BCUT2D eigenvalue weighted by molar-refractivity contribution is 7.90. The van der Waals surface area contributed by atoms with E-state index in [4.69, 9.17) is 16.3 Å². The van der Waals surface area contributed by atoms with Crippen molar-refractivity contribution in [3.63, 3.8) is 0 Å². The topological polar surface area (TPSA) is 99.3 Å². The lowest BCUT2D eigenvalue weighted by Crippen LogP contribution is -2.42. The summed E-state index contributed by atoms with van der Waals surface area (Å²) in [5.41, 5.74) is 0.769. The predicted octanol–water partition coefficient (Wildman–Crippen LogP) is 5.36. The number of rotatable bonds is 4. The third-order valence-corrected chi connectivity index (χ3v) is 8.32. The van der Waals surface area contributed by atoms with Gasteiger partial charge in [-0.1, -0.05) is 29.8 Å². The fraction of sp³-hybridized carbons (Fsp3) is 0.346. The smallest absolute Gasteiger partial charge is 0.410 e. The van der Waals surface area contributed by atoms with E-state index in [0.29, 0.717) is 47.6 Å². The normalized spacial score (nSPS) is 15.3. The maximum absolute atomic E-state index is 13.7. The fourth-order valence-corrected chi connectivity index (χ4v) is 6.19. The van der Waals surface area contributed by atoms with Crippen LogP contribution in [0.25, 0.3) is 22.3 Å². The largest absolute Gasteiger partial charge is 0.444 e. The van der Waals surface area contributed by atoms with Gasteiger partial charge in [-0.15, -0.1) is 0 Å². The Labute approximate surface area is 220 Å². The number of halogens is 1. The molecule has 1 aliphatic rings. The van der Waals surface area contributed by atoms with Crippen molar-refractivity contribution in [3.8, 4) is 11.3 Å². The molecule has 1 fully saturated rings. The number of piperidine rings is 1. The average Bonchev–Trinajstić information content (AvgIpc) is 3.50. The highest BCUT2D eigenvalue weighted by atomic mass is 35.5. The van der Waals surface area contributed by atoms with Gasteiger partial charge in [-0.3, -0.25) is 4.68 Å². The van der Waals surface area contributed by atoms with Crippen LogP contribution in [0.5, 0.6) is 0 Å². The lowest BCUT2D eigenvalue weighted by molar-refractivity contribution is 0.0185. The van der Waals surface area contributed by atoms with Gasteiger partial charge in [0, 0.05) is 36.4 Å². The van der Waals surface area contributed by atoms with Crippen LogP contribution >= 0.6 is 11.6 Å². The molecule has 0 spiro atoms. The molecule has 0 saturated carbocycles. The van der Waals surface area contributed by atoms with Crippen LogP contribution in [-0.4, -0.2) is 56.8 Å². The average molecular weight is 542 g/mol. The van der Waals surface area contributed by atoms with Gasteiger partial charge in [-0.05, 0) is 57.9 Å². The minimum atomic E-state index is -3.96. The van der Waals surface area contributed by atoms with Crippen LogP contribution < -0.4 is 0 Å². The monoisotopic (exact) mass is 541 g/mol. The van der Waals surface area contributed by atoms with Crippen molar-refractivity contribution in [1.82, 2.24) is 23.6 Å². The summed E-state index contributed by atoms with van der Waals surface area (Å²) < 4.78 is 36.0. The van der Waals surface area contributed by atoms with Crippen molar-refractivity contribution in [1.29, 1.82) is 0 Å². The number of nitrogens with zero attached hydrogens (tertiary/aromatic N) is 5. The third kappa shape index (κ3) is 4.95. The predicted molar refractivity (Wildman–Crippen MR) is 141 cm³/mol. The minimum absolute atomic E-state index is 0.0673. The van der Waals surface area contributed by atoms with Gasteiger partial charge in [-0.25, -0.2) is 22.2 Å². The number of hydrogen-bond donors (Lipinski definition) is 0. The van der Waals surface area contributed by atoms with Crippen LogP contribution in [0.4, 0.5) is 4.79 Å². The van der Waals surface area contributed by atoms with Crippen molar-refractivity contribution in [2.75, 3.05) is 13.1 Å². The number of benzene rings is 1. The molecule has 1 amide bonds. The van der Waals surface area contributed by atoms with Crippen molar-refractivity contribution in [2.24, 2.45) is 0 Å². The molecule has 37 heavy (non-hydrogen) atoms. The minimum Gasteiger partial charge on any atom is -0.444 e. The number of likely N-dealkylation sites (tertiary alicyclic amines) is 1. The summed E-state index contributed by atoms with van der Waals surface area (Å²) in [6.45, 7) is 6.66. The number of aromatic nitrogens is 4. The van der Waals surface area contributed by atoms with E-state index in [2.05, 4.69) is 10.1 Å². The maximum atomic E-state index is 13.7. The molecule has 0 aliphatic carbocycles. The Hall–Kier alpha value is -3.37. The third-order valence-electron chi connectivity index (χ3n) is 6.28. The molecule has 9 nitrogen and oxygen atoms in total. The van der Waals surface area contributed by atoms with Crippen molar-refractivity contribution in [3.05, 3.63) is 66.1 Å². The second-order valence-electron chi connectivity index (χ2n) is 10.0. The molecule has 0 N–H and O–H groups in total. The Morgan fingerprint density at radius 3 is 2.49 bits per heavy atom. The van der Waals surface area contributed by atoms with Crippen molar-refractivity contribution >= 4 is 38.8 Å². The lowest BCUT2D eigenvalue weighted by Gasteiger charge is -2.33. The standard InChI is InChI=1S/C26H28ClN5O4S/c1-26(2,3)36-25(33)30-13-10-19(11-14-30)31-17-18(16-29-31)23-15-21-22(27)9-12-28-24(21)32(23)37(34,35)20-7-5-4-6-8-20/h4-9,12,15-17,19H,10-11,13-14H2,1-3H3. The van der Waals surface area contributed by atoms with Gasteiger partial charge in [0.1, 0.15) is 5.60 Å². The first-order chi connectivity index (χ1) is 17.5. The molecule has 4 aromatic rings. The molecule has 4 heterocycles. The molecule has 0 unspecified atom stereocenters. The summed E-state index contributed by atoms with van der Waals surface area (Å²) in [4.78, 5) is 18.6. The van der Waals surface area contributed by atoms with Gasteiger partial charge < -0.3 is 9.64 Å². The Kier molecular flexibility index (Phi) is 6.49. The SMILES string of the molecule is CC(C)(C)OC(=O)N1CCC(n2cc(-c3cc4c(Cl)ccnc4n3S(=O)(=O)c3ccccc3)cn2)CC1. The molecule has 194 valence electrons. The number of carbonyl (C=O) groups excluding carboxylic acids is 1. The first-order valence-corrected chi connectivity index (χ1v) is 13.9. The van der Waals surface area contributed by atoms with Gasteiger partial charge in [0.25, 0.3) is 10.0 Å². The number of amides is 1. The molecule has 1 aromatic carbocycles. The molecule has 0 atom stereocenters. The van der Waals surface area contributed by atoms with Gasteiger partial charge >= 0.3 is 6.09 Å². The quantitative estimate of drug-likeness (QED) is 0.345. The van der Waals surface area contributed by atoms with Crippen molar-refractivity contribution in [2.45, 2.75) is 50.2 Å². The second-order valence-corrected chi connectivity index (χ2v) is 12.2. The Morgan fingerprint density at radius 2 is 1.81 bits per heavy atom. The maximum Gasteiger partial charge on any atom is 0.410 e. The Balaban J connectivity index is 1.47. The van der Waals surface area contributed by atoms with Gasteiger partial charge in [0.15, 0.2) is 5.65 Å². The number of hydrogen-bond acceptors (Lipinski definition) is 6. The summed E-state index contributed by atoms with van der Waals surface area (Å²) in [7, 11) is -3.96. The highest BCUT2D eigenvalue weighted by Crippen LogP contribution is 2.35.